The number of nitrogens with zero attached hydrogens (tertiary/aromatic N) is 4. The van der Waals surface area contributed by atoms with Gasteiger partial charge in [-0.1, -0.05) is 42.8 Å². The van der Waals surface area contributed by atoms with E-state index in [4.69, 9.17) is 21.6 Å². The lowest BCUT2D eigenvalue weighted by Crippen LogP contribution is -2.01. The van der Waals surface area contributed by atoms with Crippen molar-refractivity contribution in [2.45, 2.75) is 19.9 Å². The molecule has 0 fully saturated rings. The van der Waals surface area contributed by atoms with Gasteiger partial charge in [0.2, 0.25) is 0 Å². The van der Waals surface area contributed by atoms with Gasteiger partial charge < -0.3 is 4.57 Å². The van der Waals surface area contributed by atoms with E-state index in [0.29, 0.717) is 10.7 Å². The quantitative estimate of drug-likeness (QED) is 0.548. The molecule has 0 aliphatic heterocycles. The summed E-state index contributed by atoms with van der Waals surface area (Å²) in [6.07, 6.45) is 0.984. The molecule has 2 heterocycles. The summed E-state index contributed by atoms with van der Waals surface area (Å²) >= 11 is 6.37. The lowest BCUT2D eigenvalue weighted by Gasteiger charge is -2.08. The molecular formula is C18H15ClN4. The predicted molar refractivity (Wildman–Crippen MR) is 93.6 cm³/mol. The Morgan fingerprint density at radius 3 is 2.35 bits per heavy atom. The van der Waals surface area contributed by atoms with Crippen LogP contribution in [-0.4, -0.2) is 19.5 Å². The van der Waals surface area contributed by atoms with Crippen molar-refractivity contribution in [3.63, 3.8) is 0 Å². The van der Waals surface area contributed by atoms with E-state index < -0.39 is 0 Å². The second-order valence-corrected chi connectivity index (χ2v) is 5.83. The third-order valence-electron chi connectivity index (χ3n) is 3.82. The van der Waals surface area contributed by atoms with Crippen LogP contribution >= 0.6 is 11.6 Å². The van der Waals surface area contributed by atoms with Crippen molar-refractivity contribution in [2.75, 3.05) is 0 Å². The number of fused-ring (bicyclic) bond motifs is 2. The van der Waals surface area contributed by atoms with Gasteiger partial charge in [0.1, 0.15) is 5.82 Å². The van der Waals surface area contributed by atoms with Crippen molar-refractivity contribution in [1.29, 1.82) is 0 Å². The van der Waals surface area contributed by atoms with Crippen LogP contribution in [0.25, 0.3) is 33.7 Å². The Labute approximate surface area is 138 Å². The fourth-order valence-electron chi connectivity index (χ4n) is 2.78. The maximum atomic E-state index is 6.37. The van der Waals surface area contributed by atoms with Crippen molar-refractivity contribution in [2.24, 2.45) is 0 Å². The summed E-state index contributed by atoms with van der Waals surface area (Å²) in [5.41, 5.74) is 4.11. The third kappa shape index (κ3) is 2.35. The summed E-state index contributed by atoms with van der Waals surface area (Å²) in [6, 6.07) is 15.6. The van der Waals surface area contributed by atoms with E-state index in [1.807, 2.05) is 48.5 Å². The number of benzene rings is 2. The van der Waals surface area contributed by atoms with Crippen molar-refractivity contribution < 1.29 is 0 Å². The van der Waals surface area contributed by atoms with Crippen molar-refractivity contribution in [3.05, 3.63) is 53.6 Å². The van der Waals surface area contributed by atoms with Crippen molar-refractivity contribution >= 4 is 33.9 Å². The summed E-state index contributed by atoms with van der Waals surface area (Å²) in [4.78, 5) is 14.1. The molecule has 114 valence electrons. The Morgan fingerprint density at radius 2 is 1.61 bits per heavy atom. The average Bonchev–Trinajstić information content (AvgIpc) is 2.91. The van der Waals surface area contributed by atoms with Gasteiger partial charge in [-0.05, 0) is 30.7 Å². The zero-order valence-electron chi connectivity index (χ0n) is 12.7. The Morgan fingerprint density at radius 1 is 0.913 bits per heavy atom. The van der Waals surface area contributed by atoms with Gasteiger partial charge in [-0.3, -0.25) is 0 Å². The zero-order chi connectivity index (χ0) is 15.8. The number of imidazole rings is 1. The molecule has 0 unspecified atom stereocenters. The van der Waals surface area contributed by atoms with E-state index in [2.05, 4.69) is 16.5 Å². The van der Waals surface area contributed by atoms with Crippen LogP contribution in [0, 0.1) is 0 Å². The molecule has 0 aliphatic carbocycles. The summed E-state index contributed by atoms with van der Waals surface area (Å²) in [5.74, 6) is 0.822. The van der Waals surface area contributed by atoms with Crippen LogP contribution in [0.3, 0.4) is 0 Å². The number of para-hydroxylation sites is 2. The van der Waals surface area contributed by atoms with E-state index in [-0.39, 0.29) is 0 Å². The lowest BCUT2D eigenvalue weighted by molar-refractivity contribution is 0.699. The van der Waals surface area contributed by atoms with Gasteiger partial charge >= 0.3 is 0 Å². The second kappa shape index (κ2) is 5.63. The maximum absolute atomic E-state index is 6.37. The largest absolute Gasteiger partial charge is 0.307 e. The van der Waals surface area contributed by atoms with Crippen LogP contribution < -0.4 is 0 Å². The number of hydrogen-bond donors (Lipinski definition) is 0. The van der Waals surface area contributed by atoms with Crippen LogP contribution in [0.15, 0.2) is 48.5 Å². The van der Waals surface area contributed by atoms with E-state index >= 15 is 0 Å². The molecule has 0 saturated carbocycles. The van der Waals surface area contributed by atoms with Gasteiger partial charge in [0.15, 0.2) is 11.3 Å². The number of aromatic nitrogens is 4. The molecule has 23 heavy (non-hydrogen) atoms. The number of rotatable bonds is 3. The maximum Gasteiger partial charge on any atom is 0.198 e. The fourth-order valence-corrected chi connectivity index (χ4v) is 3.00. The smallest absolute Gasteiger partial charge is 0.198 e. The lowest BCUT2D eigenvalue weighted by atomic mass is 10.2. The molecule has 0 aliphatic rings. The van der Waals surface area contributed by atoms with Gasteiger partial charge in [-0.2, -0.15) is 0 Å². The topological polar surface area (TPSA) is 43.6 Å². The van der Waals surface area contributed by atoms with Gasteiger partial charge in [-0.25, -0.2) is 15.0 Å². The second-order valence-electron chi connectivity index (χ2n) is 5.43. The SMILES string of the molecule is CCCn1c(-c2ccccc2Cl)nc2nc3ccccc3nc21. The van der Waals surface area contributed by atoms with Gasteiger partial charge in [0, 0.05) is 12.1 Å². The first-order valence-electron chi connectivity index (χ1n) is 7.66. The van der Waals surface area contributed by atoms with Crippen molar-refractivity contribution in [1.82, 2.24) is 19.5 Å². The minimum Gasteiger partial charge on any atom is -0.307 e. The Hall–Kier alpha value is -2.46. The summed E-state index contributed by atoms with van der Waals surface area (Å²) < 4.78 is 2.11. The van der Waals surface area contributed by atoms with E-state index in [1.165, 1.54) is 0 Å². The van der Waals surface area contributed by atoms with Crippen LogP contribution in [0.4, 0.5) is 0 Å². The van der Waals surface area contributed by atoms with E-state index in [1.54, 1.807) is 0 Å². The van der Waals surface area contributed by atoms with E-state index in [9.17, 15) is 0 Å². The molecule has 0 N–H and O–H groups in total. The van der Waals surface area contributed by atoms with Crippen LogP contribution in [0.2, 0.25) is 5.02 Å². The molecule has 0 spiro atoms. The summed E-state index contributed by atoms with van der Waals surface area (Å²) in [5, 5.41) is 0.685. The third-order valence-corrected chi connectivity index (χ3v) is 4.15. The summed E-state index contributed by atoms with van der Waals surface area (Å²) in [6.45, 7) is 2.96. The predicted octanol–water partition coefficient (Wildman–Crippen LogP) is 4.71. The number of aryl methyl sites for hydroxylation is 1. The highest BCUT2D eigenvalue weighted by molar-refractivity contribution is 6.33. The minimum atomic E-state index is 0.659. The highest BCUT2D eigenvalue weighted by Crippen LogP contribution is 2.30. The molecule has 0 bridgehead atoms. The monoisotopic (exact) mass is 322 g/mol. The normalized spacial score (nSPS) is 11.4. The first kappa shape index (κ1) is 14.2. The van der Waals surface area contributed by atoms with Crippen molar-refractivity contribution in [3.8, 4) is 11.4 Å². The average molecular weight is 323 g/mol. The molecule has 0 amide bonds. The molecule has 0 radical (unpaired) electrons. The Kier molecular flexibility index (Phi) is 3.46. The molecule has 5 heteroatoms. The molecule has 0 saturated heterocycles. The van der Waals surface area contributed by atoms with Gasteiger partial charge in [0.05, 0.1) is 16.1 Å². The van der Waals surface area contributed by atoms with Gasteiger partial charge in [0.25, 0.3) is 0 Å². The molecule has 4 nitrogen and oxygen atoms in total. The highest BCUT2D eigenvalue weighted by atomic mass is 35.5. The van der Waals surface area contributed by atoms with Gasteiger partial charge in [-0.15, -0.1) is 0 Å². The van der Waals surface area contributed by atoms with E-state index in [0.717, 1.165) is 41.0 Å². The fraction of sp³-hybridized carbons (Fsp3) is 0.167. The highest BCUT2D eigenvalue weighted by Gasteiger charge is 2.17. The first-order valence-corrected chi connectivity index (χ1v) is 8.03. The first-order chi connectivity index (χ1) is 11.3. The van der Waals surface area contributed by atoms with Crippen LogP contribution in [-0.2, 0) is 6.54 Å². The Balaban J connectivity index is 2.05. The number of hydrogen-bond acceptors (Lipinski definition) is 3. The van der Waals surface area contributed by atoms with Crippen LogP contribution in [0.5, 0.6) is 0 Å². The molecule has 0 atom stereocenters. The molecule has 2 aromatic heterocycles. The van der Waals surface area contributed by atoms with Crippen LogP contribution in [0.1, 0.15) is 13.3 Å². The molecule has 2 aromatic carbocycles. The Bertz CT molecular complexity index is 1010. The summed E-state index contributed by atoms with van der Waals surface area (Å²) in [7, 11) is 0. The standard InChI is InChI=1S/C18H15ClN4/c1-2-11-23-17(12-7-3-4-8-13(12)19)22-16-18(23)21-15-10-6-5-9-14(15)20-16/h3-10H,2,11H2,1H3. The zero-order valence-corrected chi connectivity index (χ0v) is 13.5. The molecule has 4 rings (SSSR count). The minimum absolute atomic E-state index is 0.659. The molecule has 4 aromatic rings. The number of halogens is 1. The molecular weight excluding hydrogens is 308 g/mol.